The summed E-state index contributed by atoms with van der Waals surface area (Å²) in [5, 5.41) is 0. The summed E-state index contributed by atoms with van der Waals surface area (Å²) in [4.78, 5) is 13.6. The fraction of sp³-hybridized carbons (Fsp3) is 0.500. The van der Waals surface area contributed by atoms with Gasteiger partial charge in [0.25, 0.3) is 0 Å². The van der Waals surface area contributed by atoms with Crippen LogP contribution in [0.4, 0.5) is 5.69 Å². The van der Waals surface area contributed by atoms with Gasteiger partial charge in [0.2, 0.25) is 5.91 Å². The third-order valence-electron chi connectivity index (χ3n) is 3.93. The number of halogens is 1. The number of carbonyl (C=O) groups is 1. The first-order chi connectivity index (χ1) is 8.99. The third-order valence-corrected chi connectivity index (χ3v) is 4.67. The summed E-state index contributed by atoms with van der Waals surface area (Å²) < 4.78 is 1.01. The summed E-state index contributed by atoms with van der Waals surface area (Å²) in [7, 11) is 0. The van der Waals surface area contributed by atoms with Gasteiger partial charge in [-0.25, -0.2) is 0 Å². The number of nitrogen functional groups attached to an aromatic ring is 1. The lowest BCUT2D eigenvalue weighted by atomic mass is 9.92. The molecule has 1 aromatic carbocycles. The van der Waals surface area contributed by atoms with Crippen LogP contribution >= 0.6 is 15.9 Å². The molecule has 1 aromatic rings. The van der Waals surface area contributed by atoms with Gasteiger partial charge < -0.3 is 11.5 Å². The van der Waals surface area contributed by atoms with Crippen molar-refractivity contribution in [2.24, 2.45) is 11.7 Å². The average molecular weight is 326 g/mol. The normalized spacial score (nSPS) is 24.3. The zero-order valence-electron chi connectivity index (χ0n) is 11.1. The summed E-state index contributed by atoms with van der Waals surface area (Å²) in [6, 6.07) is 6.27. The minimum atomic E-state index is -0.197. The summed E-state index contributed by atoms with van der Waals surface area (Å²) in [5.74, 6) is -0.239. The van der Waals surface area contributed by atoms with Gasteiger partial charge in [-0.3, -0.25) is 9.69 Å². The van der Waals surface area contributed by atoms with E-state index in [0.29, 0.717) is 6.04 Å². The van der Waals surface area contributed by atoms with Crippen molar-refractivity contribution in [1.29, 1.82) is 0 Å². The van der Waals surface area contributed by atoms with Crippen molar-refractivity contribution < 1.29 is 4.79 Å². The second kappa shape index (κ2) is 5.92. The molecule has 1 saturated heterocycles. The molecule has 0 aliphatic carbocycles. The van der Waals surface area contributed by atoms with Crippen molar-refractivity contribution in [3.8, 4) is 0 Å². The Morgan fingerprint density at radius 3 is 2.84 bits per heavy atom. The Labute approximate surface area is 122 Å². The first kappa shape index (κ1) is 14.3. The molecule has 1 aliphatic rings. The maximum absolute atomic E-state index is 11.4. The number of hydrogen-bond acceptors (Lipinski definition) is 3. The fourth-order valence-electron chi connectivity index (χ4n) is 2.58. The van der Waals surface area contributed by atoms with Gasteiger partial charge in [0.1, 0.15) is 0 Å². The standard InChI is InChI=1S/C14H20BrN3O/c1-9-5-6-10(14(17)19)7-18(9)8-11-12(15)3-2-4-13(11)16/h2-4,9-10H,5-8,16H2,1H3,(H2,17,19). The molecule has 104 valence electrons. The first-order valence-electron chi connectivity index (χ1n) is 6.55. The van der Waals surface area contributed by atoms with Crippen LogP contribution in [0.2, 0.25) is 0 Å². The van der Waals surface area contributed by atoms with E-state index in [9.17, 15) is 4.79 Å². The maximum Gasteiger partial charge on any atom is 0.221 e. The highest BCUT2D eigenvalue weighted by molar-refractivity contribution is 9.10. The Kier molecular flexibility index (Phi) is 4.47. The summed E-state index contributed by atoms with van der Waals surface area (Å²) in [6.45, 7) is 3.65. The maximum atomic E-state index is 11.4. The van der Waals surface area contributed by atoms with E-state index in [0.717, 1.165) is 41.7 Å². The van der Waals surface area contributed by atoms with Crippen LogP contribution in [-0.2, 0) is 11.3 Å². The molecule has 0 aromatic heterocycles. The van der Waals surface area contributed by atoms with Crippen LogP contribution in [0, 0.1) is 5.92 Å². The largest absolute Gasteiger partial charge is 0.398 e. The molecule has 1 amide bonds. The van der Waals surface area contributed by atoms with E-state index in [4.69, 9.17) is 11.5 Å². The SMILES string of the molecule is CC1CCC(C(N)=O)CN1Cc1c(N)cccc1Br. The van der Waals surface area contributed by atoms with Crippen LogP contribution in [0.5, 0.6) is 0 Å². The molecule has 0 spiro atoms. The van der Waals surface area contributed by atoms with Gasteiger partial charge >= 0.3 is 0 Å². The fourth-order valence-corrected chi connectivity index (χ4v) is 3.08. The average Bonchev–Trinajstić information content (AvgIpc) is 2.35. The molecule has 2 unspecified atom stereocenters. The molecule has 4 N–H and O–H groups in total. The highest BCUT2D eigenvalue weighted by atomic mass is 79.9. The van der Waals surface area contributed by atoms with E-state index in [1.54, 1.807) is 0 Å². The van der Waals surface area contributed by atoms with Crippen molar-refractivity contribution in [3.63, 3.8) is 0 Å². The predicted octanol–water partition coefficient (Wildman–Crippen LogP) is 2.12. The molecular weight excluding hydrogens is 306 g/mol. The van der Waals surface area contributed by atoms with E-state index >= 15 is 0 Å². The van der Waals surface area contributed by atoms with E-state index < -0.39 is 0 Å². The summed E-state index contributed by atoms with van der Waals surface area (Å²) >= 11 is 3.54. The second-order valence-electron chi connectivity index (χ2n) is 5.26. The van der Waals surface area contributed by atoms with Crippen molar-refractivity contribution in [1.82, 2.24) is 4.90 Å². The van der Waals surface area contributed by atoms with Gasteiger partial charge in [0, 0.05) is 34.9 Å². The van der Waals surface area contributed by atoms with Gasteiger partial charge in [-0.1, -0.05) is 22.0 Å². The minimum absolute atomic E-state index is 0.0417. The number of hydrogen-bond donors (Lipinski definition) is 2. The second-order valence-corrected chi connectivity index (χ2v) is 6.12. The molecule has 2 rings (SSSR count). The third kappa shape index (κ3) is 3.28. The number of benzene rings is 1. The van der Waals surface area contributed by atoms with E-state index in [2.05, 4.69) is 27.8 Å². The zero-order valence-corrected chi connectivity index (χ0v) is 12.7. The number of amides is 1. The van der Waals surface area contributed by atoms with Gasteiger partial charge in [-0.2, -0.15) is 0 Å². The Bertz CT molecular complexity index is 458. The number of likely N-dealkylation sites (tertiary alicyclic amines) is 1. The number of rotatable bonds is 3. The highest BCUT2D eigenvalue weighted by Gasteiger charge is 2.29. The number of piperidine rings is 1. The van der Waals surface area contributed by atoms with Crippen molar-refractivity contribution in [2.45, 2.75) is 32.4 Å². The van der Waals surface area contributed by atoms with Gasteiger partial charge in [0.15, 0.2) is 0 Å². The van der Waals surface area contributed by atoms with Crippen LogP contribution in [0.25, 0.3) is 0 Å². The molecule has 5 heteroatoms. The Balaban J connectivity index is 2.14. The molecule has 1 aliphatic heterocycles. The topological polar surface area (TPSA) is 72.4 Å². The van der Waals surface area contributed by atoms with E-state index in [1.165, 1.54) is 0 Å². The first-order valence-corrected chi connectivity index (χ1v) is 7.34. The lowest BCUT2D eigenvalue weighted by Crippen LogP contribution is -2.45. The monoisotopic (exact) mass is 325 g/mol. The Morgan fingerprint density at radius 2 is 2.21 bits per heavy atom. The van der Waals surface area contributed by atoms with Crippen molar-refractivity contribution in [3.05, 3.63) is 28.2 Å². The summed E-state index contributed by atoms with van der Waals surface area (Å²) in [6.07, 6.45) is 1.89. The number of nitrogens with two attached hydrogens (primary N) is 2. The number of carbonyl (C=O) groups excluding carboxylic acids is 1. The summed E-state index contributed by atoms with van der Waals surface area (Å²) in [5.41, 5.74) is 13.3. The van der Waals surface area contributed by atoms with Crippen LogP contribution in [0.3, 0.4) is 0 Å². The Hall–Kier alpha value is -1.07. The molecule has 0 radical (unpaired) electrons. The molecule has 1 heterocycles. The molecule has 19 heavy (non-hydrogen) atoms. The lowest BCUT2D eigenvalue weighted by molar-refractivity contribution is -0.124. The molecule has 2 atom stereocenters. The Morgan fingerprint density at radius 1 is 1.47 bits per heavy atom. The van der Waals surface area contributed by atoms with Gasteiger partial charge in [-0.05, 0) is 31.9 Å². The molecule has 0 bridgehead atoms. The lowest BCUT2D eigenvalue weighted by Gasteiger charge is -2.37. The smallest absolute Gasteiger partial charge is 0.221 e. The number of primary amides is 1. The molecular formula is C14H20BrN3O. The van der Waals surface area contributed by atoms with Crippen molar-refractivity contribution in [2.75, 3.05) is 12.3 Å². The van der Waals surface area contributed by atoms with E-state index in [1.807, 2.05) is 18.2 Å². The van der Waals surface area contributed by atoms with Crippen LogP contribution < -0.4 is 11.5 Å². The molecule has 0 saturated carbocycles. The number of anilines is 1. The van der Waals surface area contributed by atoms with Crippen LogP contribution in [0.15, 0.2) is 22.7 Å². The zero-order chi connectivity index (χ0) is 14.0. The molecule has 4 nitrogen and oxygen atoms in total. The van der Waals surface area contributed by atoms with Gasteiger partial charge in [-0.15, -0.1) is 0 Å². The molecule has 1 fully saturated rings. The quantitative estimate of drug-likeness (QED) is 0.836. The van der Waals surface area contributed by atoms with Crippen LogP contribution in [0.1, 0.15) is 25.3 Å². The minimum Gasteiger partial charge on any atom is -0.398 e. The highest BCUT2D eigenvalue weighted by Crippen LogP contribution is 2.28. The number of nitrogens with zero attached hydrogens (tertiary/aromatic N) is 1. The van der Waals surface area contributed by atoms with Gasteiger partial charge in [0.05, 0.1) is 5.92 Å². The van der Waals surface area contributed by atoms with E-state index in [-0.39, 0.29) is 11.8 Å². The van der Waals surface area contributed by atoms with Crippen molar-refractivity contribution >= 4 is 27.5 Å². The predicted molar refractivity (Wildman–Crippen MR) is 80.3 cm³/mol. The van der Waals surface area contributed by atoms with Crippen LogP contribution in [-0.4, -0.2) is 23.4 Å².